The van der Waals surface area contributed by atoms with Gasteiger partial charge in [0, 0.05) is 25.5 Å². The normalized spacial score (nSPS) is 15.1. The molecule has 3 rings (SSSR count). The van der Waals surface area contributed by atoms with E-state index in [1.807, 2.05) is 18.2 Å². The van der Waals surface area contributed by atoms with Gasteiger partial charge < -0.3 is 10.2 Å². The standard InChI is InChI=1S/C15H18N4O/c20-15(19-11-8-16-12-19)17-13-6-2-3-7-14(13)18-9-4-1-5-10-18/h2-3,6-8,11-12H,1,4-5,9-10H2,(H,17,20). The van der Waals surface area contributed by atoms with Crippen molar-refractivity contribution in [3.05, 3.63) is 43.0 Å². The molecular formula is C15H18N4O. The maximum Gasteiger partial charge on any atom is 0.331 e. The number of aromatic nitrogens is 2. The number of nitrogens with one attached hydrogen (secondary N) is 1. The quantitative estimate of drug-likeness (QED) is 0.912. The summed E-state index contributed by atoms with van der Waals surface area (Å²) in [5, 5.41) is 2.95. The maximum atomic E-state index is 12.1. The Balaban J connectivity index is 1.80. The van der Waals surface area contributed by atoms with E-state index in [0.29, 0.717) is 0 Å². The van der Waals surface area contributed by atoms with E-state index in [0.717, 1.165) is 24.5 Å². The number of carbonyl (C=O) groups excluding carboxylic acids is 1. The van der Waals surface area contributed by atoms with Crippen LogP contribution in [0.3, 0.4) is 0 Å². The van der Waals surface area contributed by atoms with E-state index in [1.54, 1.807) is 12.4 Å². The average molecular weight is 270 g/mol. The molecule has 1 aliphatic heterocycles. The number of hydrogen-bond donors (Lipinski definition) is 1. The first-order valence-electron chi connectivity index (χ1n) is 6.98. The number of rotatable bonds is 2. The van der Waals surface area contributed by atoms with Crippen molar-refractivity contribution in [2.24, 2.45) is 0 Å². The molecule has 1 amide bonds. The number of amides is 1. The van der Waals surface area contributed by atoms with Gasteiger partial charge in [-0.3, -0.25) is 4.57 Å². The fourth-order valence-electron chi connectivity index (χ4n) is 2.55. The zero-order chi connectivity index (χ0) is 13.8. The van der Waals surface area contributed by atoms with Crippen molar-refractivity contribution < 1.29 is 4.79 Å². The molecule has 0 radical (unpaired) electrons. The van der Waals surface area contributed by atoms with Crippen molar-refractivity contribution in [3.63, 3.8) is 0 Å². The van der Waals surface area contributed by atoms with Gasteiger partial charge >= 0.3 is 6.03 Å². The van der Waals surface area contributed by atoms with Gasteiger partial charge in [0.25, 0.3) is 0 Å². The smallest absolute Gasteiger partial charge is 0.331 e. The Kier molecular flexibility index (Phi) is 3.67. The first kappa shape index (κ1) is 12.7. The minimum absolute atomic E-state index is 0.188. The molecule has 0 unspecified atom stereocenters. The van der Waals surface area contributed by atoms with E-state index in [9.17, 15) is 4.79 Å². The van der Waals surface area contributed by atoms with E-state index < -0.39 is 0 Å². The Hall–Kier alpha value is -2.30. The van der Waals surface area contributed by atoms with Crippen LogP contribution >= 0.6 is 0 Å². The number of benzene rings is 1. The molecule has 1 aromatic heterocycles. The first-order chi connectivity index (χ1) is 9.84. The summed E-state index contributed by atoms with van der Waals surface area (Å²) in [7, 11) is 0. The lowest BCUT2D eigenvalue weighted by atomic mass is 10.1. The maximum absolute atomic E-state index is 12.1. The van der Waals surface area contributed by atoms with Gasteiger partial charge in [-0.05, 0) is 31.4 Å². The molecule has 2 aromatic rings. The molecule has 0 saturated carbocycles. The number of piperidine rings is 1. The van der Waals surface area contributed by atoms with E-state index >= 15 is 0 Å². The van der Waals surface area contributed by atoms with Crippen molar-refractivity contribution in [1.29, 1.82) is 0 Å². The Morgan fingerprint density at radius 2 is 1.95 bits per heavy atom. The highest BCUT2D eigenvalue weighted by Gasteiger charge is 2.15. The third-order valence-electron chi connectivity index (χ3n) is 3.58. The van der Waals surface area contributed by atoms with Crippen molar-refractivity contribution >= 4 is 17.4 Å². The van der Waals surface area contributed by atoms with Crippen molar-refractivity contribution in [2.75, 3.05) is 23.3 Å². The minimum atomic E-state index is -0.188. The van der Waals surface area contributed by atoms with Crippen LogP contribution in [0.1, 0.15) is 19.3 Å². The summed E-state index contributed by atoms with van der Waals surface area (Å²) in [5.74, 6) is 0. The molecule has 0 aliphatic carbocycles. The second kappa shape index (κ2) is 5.77. The molecular weight excluding hydrogens is 252 g/mol. The molecule has 1 N–H and O–H groups in total. The van der Waals surface area contributed by atoms with Crippen molar-refractivity contribution in [3.8, 4) is 0 Å². The van der Waals surface area contributed by atoms with Gasteiger partial charge in [0.15, 0.2) is 0 Å². The molecule has 0 bridgehead atoms. The summed E-state index contributed by atoms with van der Waals surface area (Å²) in [4.78, 5) is 18.3. The van der Waals surface area contributed by atoms with Gasteiger partial charge in [0.1, 0.15) is 6.33 Å². The molecule has 104 valence electrons. The fourth-order valence-corrected chi connectivity index (χ4v) is 2.55. The van der Waals surface area contributed by atoms with Gasteiger partial charge in [-0.2, -0.15) is 0 Å². The average Bonchev–Trinajstić information content (AvgIpc) is 3.03. The lowest BCUT2D eigenvalue weighted by Crippen LogP contribution is -2.30. The molecule has 20 heavy (non-hydrogen) atoms. The highest BCUT2D eigenvalue weighted by molar-refractivity contribution is 5.94. The van der Waals surface area contributed by atoms with Gasteiger partial charge in [-0.1, -0.05) is 12.1 Å². The zero-order valence-corrected chi connectivity index (χ0v) is 11.3. The first-order valence-corrected chi connectivity index (χ1v) is 6.98. The molecule has 1 saturated heterocycles. The lowest BCUT2D eigenvalue weighted by Gasteiger charge is -2.30. The summed E-state index contributed by atoms with van der Waals surface area (Å²) >= 11 is 0. The van der Waals surface area contributed by atoms with Crippen LogP contribution < -0.4 is 10.2 Å². The Bertz CT molecular complexity index is 573. The molecule has 5 heteroatoms. The second-order valence-electron chi connectivity index (χ2n) is 4.96. The molecule has 1 aromatic carbocycles. The highest BCUT2D eigenvalue weighted by atomic mass is 16.2. The topological polar surface area (TPSA) is 50.2 Å². The van der Waals surface area contributed by atoms with Crippen LogP contribution in [-0.4, -0.2) is 28.7 Å². The van der Waals surface area contributed by atoms with E-state index in [2.05, 4.69) is 21.3 Å². The highest BCUT2D eigenvalue weighted by Crippen LogP contribution is 2.28. The van der Waals surface area contributed by atoms with Crippen LogP contribution in [0.4, 0.5) is 16.2 Å². The van der Waals surface area contributed by atoms with E-state index in [-0.39, 0.29) is 6.03 Å². The van der Waals surface area contributed by atoms with Gasteiger partial charge in [-0.15, -0.1) is 0 Å². The van der Waals surface area contributed by atoms with Gasteiger partial charge in [0.05, 0.1) is 11.4 Å². The van der Waals surface area contributed by atoms with E-state index in [1.165, 1.54) is 30.2 Å². The Morgan fingerprint density at radius 1 is 1.15 bits per heavy atom. The zero-order valence-electron chi connectivity index (χ0n) is 11.3. The van der Waals surface area contributed by atoms with Crippen molar-refractivity contribution in [1.82, 2.24) is 9.55 Å². The van der Waals surface area contributed by atoms with Crippen LogP contribution in [0.25, 0.3) is 0 Å². The van der Waals surface area contributed by atoms with E-state index in [4.69, 9.17) is 0 Å². The van der Waals surface area contributed by atoms with Crippen LogP contribution in [0.2, 0.25) is 0 Å². The summed E-state index contributed by atoms with van der Waals surface area (Å²) in [6, 6.07) is 7.77. The van der Waals surface area contributed by atoms with Gasteiger partial charge in [0.2, 0.25) is 0 Å². The van der Waals surface area contributed by atoms with Crippen LogP contribution in [0, 0.1) is 0 Å². The molecule has 0 atom stereocenters. The predicted molar refractivity (Wildman–Crippen MR) is 79.1 cm³/mol. The van der Waals surface area contributed by atoms with Crippen molar-refractivity contribution in [2.45, 2.75) is 19.3 Å². The van der Waals surface area contributed by atoms with Crippen LogP contribution in [-0.2, 0) is 0 Å². The number of imidazole rings is 1. The number of carbonyl (C=O) groups is 1. The Labute approximate surface area is 118 Å². The summed E-state index contributed by atoms with van der Waals surface area (Å²) < 4.78 is 1.44. The molecule has 0 spiro atoms. The summed E-state index contributed by atoms with van der Waals surface area (Å²) in [5.41, 5.74) is 1.95. The third-order valence-corrected chi connectivity index (χ3v) is 3.58. The second-order valence-corrected chi connectivity index (χ2v) is 4.96. The molecule has 1 fully saturated rings. The third kappa shape index (κ3) is 2.66. The predicted octanol–water partition coefficient (Wildman–Crippen LogP) is 2.95. The SMILES string of the molecule is O=C(Nc1ccccc1N1CCCCC1)n1ccnc1. The number of nitrogens with zero attached hydrogens (tertiary/aromatic N) is 3. The van der Waals surface area contributed by atoms with Crippen LogP contribution in [0.5, 0.6) is 0 Å². The fraction of sp³-hybridized carbons (Fsp3) is 0.333. The minimum Gasteiger partial charge on any atom is -0.370 e. The van der Waals surface area contributed by atoms with Crippen LogP contribution in [0.15, 0.2) is 43.0 Å². The summed E-state index contributed by atoms with van der Waals surface area (Å²) in [6.45, 7) is 2.11. The summed E-state index contributed by atoms with van der Waals surface area (Å²) in [6.07, 6.45) is 8.45. The number of anilines is 2. The lowest BCUT2D eigenvalue weighted by molar-refractivity contribution is 0.253. The van der Waals surface area contributed by atoms with Gasteiger partial charge in [-0.25, -0.2) is 9.78 Å². The largest absolute Gasteiger partial charge is 0.370 e. The molecule has 5 nitrogen and oxygen atoms in total. The number of hydrogen-bond acceptors (Lipinski definition) is 3. The number of para-hydroxylation sites is 2. The monoisotopic (exact) mass is 270 g/mol. The Morgan fingerprint density at radius 3 is 2.70 bits per heavy atom. The molecule has 1 aliphatic rings. The molecule has 2 heterocycles.